The normalized spacial score (nSPS) is 22.4. The zero-order valence-electron chi connectivity index (χ0n) is 29.6. The van der Waals surface area contributed by atoms with Crippen molar-refractivity contribution in [2.75, 3.05) is 0 Å². The highest BCUT2D eigenvalue weighted by Crippen LogP contribution is 2.61. The number of hydrogen-bond donors (Lipinski definition) is 6. The van der Waals surface area contributed by atoms with Crippen molar-refractivity contribution in [2.24, 2.45) is 10.8 Å². The molecule has 14 heteroatoms. The minimum absolute atomic E-state index is 0.0894. The lowest BCUT2D eigenvalue weighted by Crippen LogP contribution is -2.52. The Balaban J connectivity index is 0.847. The number of aliphatic hydroxyl groups is 2. The second-order valence-electron chi connectivity index (χ2n) is 15.8. The van der Waals surface area contributed by atoms with Crippen molar-refractivity contribution in [3.05, 3.63) is 71.4 Å². The molecule has 4 aromatic rings. The first kappa shape index (κ1) is 36.2. The molecule has 4 fully saturated rings. The number of carbonyl (C=O) groups excluding carboxylic acids is 2. The van der Waals surface area contributed by atoms with Crippen LogP contribution in [-0.2, 0) is 22.7 Å². The molecule has 0 spiro atoms. The Morgan fingerprint density at radius 1 is 0.667 bits per heavy atom. The van der Waals surface area contributed by atoms with Crippen molar-refractivity contribution in [1.82, 2.24) is 30.6 Å². The highest BCUT2D eigenvalue weighted by atomic mass is 19.3. The lowest BCUT2D eigenvalue weighted by molar-refractivity contribution is -0.156. The van der Waals surface area contributed by atoms with E-state index in [0.29, 0.717) is 42.8 Å². The van der Waals surface area contributed by atoms with Gasteiger partial charge in [-0.15, -0.1) is 0 Å². The van der Waals surface area contributed by atoms with Gasteiger partial charge in [0, 0.05) is 36.8 Å². The van der Waals surface area contributed by atoms with E-state index in [9.17, 15) is 37.4 Å². The van der Waals surface area contributed by atoms with E-state index in [2.05, 4.69) is 42.4 Å². The molecule has 8 rings (SSSR count). The molecule has 6 N–H and O–H groups in total. The van der Waals surface area contributed by atoms with Crippen LogP contribution in [0.15, 0.2) is 48.7 Å². The van der Waals surface area contributed by atoms with Gasteiger partial charge in [0.1, 0.15) is 11.6 Å². The minimum Gasteiger partial charge on any atom is -0.389 e. The van der Waals surface area contributed by atoms with Crippen LogP contribution >= 0.6 is 0 Å². The van der Waals surface area contributed by atoms with Crippen LogP contribution < -0.4 is 10.6 Å². The van der Waals surface area contributed by atoms with Crippen LogP contribution in [0.4, 0.5) is 17.6 Å². The number of aromatic amines is 2. The summed E-state index contributed by atoms with van der Waals surface area (Å²) in [5.74, 6) is 1.13. The monoisotopic (exact) mass is 746 g/mol. The first-order chi connectivity index (χ1) is 25.6. The maximum atomic E-state index is 13.7. The fourth-order valence-electron chi connectivity index (χ4n) is 8.44. The van der Waals surface area contributed by atoms with Crippen LogP contribution in [0.3, 0.4) is 0 Å². The summed E-state index contributed by atoms with van der Waals surface area (Å²) in [6.45, 7) is 0.224. The van der Waals surface area contributed by atoms with Gasteiger partial charge in [-0.2, -0.15) is 0 Å². The van der Waals surface area contributed by atoms with Crippen LogP contribution in [0.1, 0.15) is 99.8 Å². The van der Waals surface area contributed by atoms with Gasteiger partial charge in [-0.25, -0.2) is 27.5 Å². The topological polar surface area (TPSA) is 156 Å². The smallest absolute Gasteiger partial charge is 0.248 e. The summed E-state index contributed by atoms with van der Waals surface area (Å²) in [4.78, 5) is 41.6. The van der Waals surface area contributed by atoms with Crippen molar-refractivity contribution in [3.8, 4) is 23.1 Å². The van der Waals surface area contributed by atoms with Crippen LogP contribution in [-0.4, -0.2) is 65.0 Å². The van der Waals surface area contributed by atoms with Crippen molar-refractivity contribution in [1.29, 1.82) is 0 Å². The van der Waals surface area contributed by atoms with E-state index in [-0.39, 0.29) is 50.6 Å². The van der Waals surface area contributed by atoms with Crippen molar-refractivity contribution >= 4 is 22.8 Å². The number of benzene rings is 2. The van der Waals surface area contributed by atoms with Gasteiger partial charge in [-0.1, -0.05) is 24.0 Å². The van der Waals surface area contributed by atoms with Crippen LogP contribution in [0.25, 0.3) is 22.3 Å². The highest BCUT2D eigenvalue weighted by molar-refractivity contribution is 5.87. The molecule has 2 heterocycles. The third-order valence-electron chi connectivity index (χ3n) is 12.3. The Kier molecular flexibility index (Phi) is 8.69. The average molecular weight is 747 g/mol. The average Bonchev–Trinajstić information content (AvgIpc) is 4.07. The number of nitrogens with zero attached hydrogens (tertiary/aromatic N) is 2. The minimum atomic E-state index is -2.80. The lowest BCUT2D eigenvalue weighted by Gasteiger charge is -2.41. The summed E-state index contributed by atoms with van der Waals surface area (Å²) >= 11 is 0. The van der Waals surface area contributed by atoms with Gasteiger partial charge in [-0.3, -0.25) is 9.59 Å². The number of imidazole rings is 2. The van der Waals surface area contributed by atoms with E-state index in [0.717, 1.165) is 27.9 Å². The zero-order valence-corrected chi connectivity index (χ0v) is 29.6. The number of amides is 2. The van der Waals surface area contributed by atoms with E-state index in [4.69, 9.17) is 0 Å². The molecule has 0 aliphatic heterocycles. The van der Waals surface area contributed by atoms with Crippen molar-refractivity contribution in [2.45, 2.75) is 113 Å². The standard InChI is InChI=1S/C40H42F4N6O4/c41-39(42)17-13-37(53,14-18-39)35(9-10-35)33(51)46-23-31-45-22-30(50-31)27-6-3-25(4-7-27)1-2-26-5-8-28-29(21-26)49-32(48-28)24-47-34(52)36(11-12-36)38(54)15-19-40(43,44)20-16-38/h3-8,21-22,53-54H,9-20,23-24H2,(H,45,50)(H,46,51)(H,47,52)(H,48,49). The van der Waals surface area contributed by atoms with E-state index in [1.54, 1.807) is 6.20 Å². The summed E-state index contributed by atoms with van der Waals surface area (Å²) in [7, 11) is 0. The van der Waals surface area contributed by atoms with Crippen molar-refractivity contribution < 1.29 is 37.4 Å². The summed E-state index contributed by atoms with van der Waals surface area (Å²) in [5, 5.41) is 28.0. The van der Waals surface area contributed by atoms with Gasteiger partial charge in [0.25, 0.3) is 0 Å². The Morgan fingerprint density at radius 2 is 1.17 bits per heavy atom. The predicted molar refractivity (Wildman–Crippen MR) is 190 cm³/mol. The number of H-pyrrole nitrogens is 2. The molecule has 284 valence electrons. The number of alkyl halides is 4. The second kappa shape index (κ2) is 12.9. The summed E-state index contributed by atoms with van der Waals surface area (Å²) < 4.78 is 54.9. The molecular formula is C40H42F4N6O4. The number of rotatable bonds is 9. The van der Waals surface area contributed by atoms with E-state index in [1.807, 2.05) is 42.5 Å². The molecule has 0 bridgehead atoms. The summed E-state index contributed by atoms with van der Waals surface area (Å²) in [5.41, 5.74) is -0.295. The van der Waals surface area contributed by atoms with Gasteiger partial charge in [-0.05, 0) is 87.3 Å². The molecule has 2 amide bonds. The predicted octanol–water partition coefficient (Wildman–Crippen LogP) is 6.03. The molecule has 2 aromatic heterocycles. The molecule has 4 aliphatic rings. The number of nitrogens with one attached hydrogen (secondary N) is 4. The van der Waals surface area contributed by atoms with E-state index >= 15 is 0 Å². The maximum absolute atomic E-state index is 13.7. The third kappa shape index (κ3) is 6.77. The molecule has 10 nitrogen and oxygen atoms in total. The number of aromatic nitrogens is 4. The molecule has 2 aromatic carbocycles. The van der Waals surface area contributed by atoms with Crippen molar-refractivity contribution in [3.63, 3.8) is 0 Å². The largest absolute Gasteiger partial charge is 0.389 e. The summed E-state index contributed by atoms with van der Waals surface area (Å²) in [6.07, 6.45) is 1.55. The quantitative estimate of drug-likeness (QED) is 0.0909. The molecule has 0 unspecified atom stereocenters. The highest BCUT2D eigenvalue weighted by Gasteiger charge is 2.66. The lowest BCUT2D eigenvalue weighted by atomic mass is 9.71. The first-order valence-electron chi connectivity index (χ1n) is 18.5. The molecule has 0 atom stereocenters. The van der Waals surface area contributed by atoms with Gasteiger partial charge >= 0.3 is 0 Å². The SMILES string of the molecule is O=C(NCc1ncc(-c2ccc(C#Cc3ccc4nc(CNC(=O)C5(C6(O)CCC(F)(F)CC6)CC5)[nH]c4c3)cc2)[nH]1)C1(C2(O)CCC(F)(F)CC2)CC1. The molecule has 0 saturated heterocycles. The molecule has 0 radical (unpaired) electrons. The van der Waals surface area contributed by atoms with Crippen LogP contribution in [0.2, 0.25) is 0 Å². The zero-order chi connectivity index (χ0) is 38.0. The maximum Gasteiger partial charge on any atom is 0.248 e. The molecule has 54 heavy (non-hydrogen) atoms. The number of fused-ring (bicyclic) bond motifs is 1. The Labute approximate surface area is 308 Å². The molecular weight excluding hydrogens is 704 g/mol. The fraction of sp³-hybridized carbons (Fsp3) is 0.500. The first-order valence-corrected chi connectivity index (χ1v) is 18.5. The Morgan fingerprint density at radius 3 is 1.70 bits per heavy atom. The number of halogens is 4. The van der Waals surface area contributed by atoms with Gasteiger partial charge in [0.05, 0.1) is 58.0 Å². The number of carbonyl (C=O) groups is 2. The fourth-order valence-corrected chi connectivity index (χ4v) is 8.44. The Hall–Kier alpha value is -4.74. The Bertz CT molecular complexity index is 2140. The van der Waals surface area contributed by atoms with Gasteiger partial charge in [0.2, 0.25) is 23.7 Å². The van der Waals surface area contributed by atoms with Gasteiger partial charge in [0.15, 0.2) is 0 Å². The third-order valence-corrected chi connectivity index (χ3v) is 12.3. The van der Waals surface area contributed by atoms with E-state index < -0.39 is 59.6 Å². The van der Waals surface area contributed by atoms with Crippen LogP contribution in [0.5, 0.6) is 0 Å². The molecule has 4 aliphatic carbocycles. The summed E-state index contributed by atoms with van der Waals surface area (Å²) in [6, 6.07) is 13.1. The van der Waals surface area contributed by atoms with Crippen LogP contribution in [0, 0.1) is 22.7 Å². The molecule has 4 saturated carbocycles. The second-order valence-corrected chi connectivity index (χ2v) is 15.8. The van der Waals surface area contributed by atoms with E-state index in [1.165, 1.54) is 0 Å². The van der Waals surface area contributed by atoms with Gasteiger partial charge < -0.3 is 30.8 Å². The number of hydrogen-bond acceptors (Lipinski definition) is 6.